The van der Waals surface area contributed by atoms with E-state index in [4.69, 9.17) is 9.84 Å². The number of likely N-dealkylation sites (tertiary alicyclic amines) is 1. The quantitative estimate of drug-likeness (QED) is 0.914. The van der Waals surface area contributed by atoms with Gasteiger partial charge in [-0.3, -0.25) is 0 Å². The van der Waals surface area contributed by atoms with E-state index in [0.717, 1.165) is 29.7 Å². The van der Waals surface area contributed by atoms with E-state index >= 15 is 0 Å². The average Bonchev–Trinajstić information content (AvgIpc) is 3.11. The summed E-state index contributed by atoms with van der Waals surface area (Å²) in [5.74, 6) is -1.07. The van der Waals surface area contributed by atoms with Crippen LogP contribution >= 0.6 is 11.3 Å². The second kappa shape index (κ2) is 7.39. The lowest BCUT2D eigenvalue weighted by Crippen LogP contribution is -2.39. The standard InChI is InChI=1S/C16H17N3O4S/c20-15(21)14-18-17-13(24-14)12-7-4-8-19(9-12)16(22)23-10-11-5-2-1-3-6-11/h1-3,5-6,12H,4,7-10H2,(H,20,21). The van der Waals surface area contributed by atoms with Crippen LogP contribution in [-0.4, -0.2) is 45.4 Å². The van der Waals surface area contributed by atoms with Gasteiger partial charge in [-0.25, -0.2) is 9.59 Å². The molecule has 1 aromatic carbocycles. The molecule has 1 unspecified atom stereocenters. The van der Waals surface area contributed by atoms with Crippen LogP contribution in [0.2, 0.25) is 0 Å². The fourth-order valence-electron chi connectivity index (χ4n) is 2.64. The van der Waals surface area contributed by atoms with E-state index in [2.05, 4.69) is 10.2 Å². The highest BCUT2D eigenvalue weighted by Gasteiger charge is 2.28. The second-order valence-corrected chi connectivity index (χ2v) is 6.59. The van der Waals surface area contributed by atoms with Crippen molar-refractivity contribution in [3.05, 3.63) is 45.9 Å². The van der Waals surface area contributed by atoms with Crippen LogP contribution in [-0.2, 0) is 11.3 Å². The van der Waals surface area contributed by atoms with Crippen LogP contribution in [0.1, 0.15) is 39.1 Å². The zero-order valence-electron chi connectivity index (χ0n) is 12.9. The minimum atomic E-state index is -1.08. The molecule has 1 saturated heterocycles. The van der Waals surface area contributed by atoms with Gasteiger partial charge in [-0.2, -0.15) is 0 Å². The Morgan fingerprint density at radius 2 is 2.08 bits per heavy atom. The predicted octanol–water partition coefficient (Wildman–Crippen LogP) is 2.75. The molecule has 0 radical (unpaired) electrons. The molecule has 1 aliphatic heterocycles. The molecule has 8 heteroatoms. The van der Waals surface area contributed by atoms with Gasteiger partial charge in [0.1, 0.15) is 11.6 Å². The number of ether oxygens (including phenoxy) is 1. The van der Waals surface area contributed by atoms with E-state index in [1.807, 2.05) is 30.3 Å². The Morgan fingerprint density at radius 3 is 2.79 bits per heavy atom. The maximum absolute atomic E-state index is 12.2. The number of aromatic carboxylic acids is 1. The number of rotatable bonds is 4. The summed E-state index contributed by atoms with van der Waals surface area (Å²) < 4.78 is 5.36. The third-order valence-electron chi connectivity index (χ3n) is 3.86. The first-order valence-corrected chi connectivity index (χ1v) is 8.47. The molecule has 0 bridgehead atoms. The van der Waals surface area contributed by atoms with Crippen molar-refractivity contribution in [2.75, 3.05) is 13.1 Å². The van der Waals surface area contributed by atoms with Gasteiger partial charge in [-0.15, -0.1) is 10.2 Å². The molecular weight excluding hydrogens is 330 g/mol. The minimum Gasteiger partial charge on any atom is -0.476 e. The Kier molecular flexibility index (Phi) is 5.05. The monoisotopic (exact) mass is 347 g/mol. The van der Waals surface area contributed by atoms with Gasteiger partial charge >= 0.3 is 12.1 Å². The number of carboxylic acid groups (broad SMARTS) is 1. The molecule has 1 aliphatic rings. The van der Waals surface area contributed by atoms with Crippen molar-refractivity contribution < 1.29 is 19.4 Å². The molecule has 3 rings (SSSR count). The summed E-state index contributed by atoms with van der Waals surface area (Å²) in [4.78, 5) is 24.8. The molecule has 1 fully saturated rings. The molecule has 2 heterocycles. The molecule has 24 heavy (non-hydrogen) atoms. The molecule has 0 spiro atoms. The highest BCUT2D eigenvalue weighted by atomic mass is 32.1. The lowest BCUT2D eigenvalue weighted by Gasteiger charge is -2.30. The van der Waals surface area contributed by atoms with Crippen molar-refractivity contribution in [3.8, 4) is 0 Å². The van der Waals surface area contributed by atoms with Gasteiger partial charge in [-0.05, 0) is 18.4 Å². The van der Waals surface area contributed by atoms with Crippen LogP contribution < -0.4 is 0 Å². The maximum Gasteiger partial charge on any atom is 0.410 e. The van der Waals surface area contributed by atoms with Crippen molar-refractivity contribution in [1.82, 2.24) is 15.1 Å². The Labute approximate surface area is 142 Å². The van der Waals surface area contributed by atoms with Crippen molar-refractivity contribution in [2.24, 2.45) is 0 Å². The molecule has 1 amide bonds. The number of carbonyl (C=O) groups is 2. The van der Waals surface area contributed by atoms with E-state index in [0.29, 0.717) is 18.1 Å². The Morgan fingerprint density at radius 1 is 1.29 bits per heavy atom. The Balaban J connectivity index is 1.58. The summed E-state index contributed by atoms with van der Waals surface area (Å²) in [6.07, 6.45) is 1.33. The highest BCUT2D eigenvalue weighted by molar-refractivity contribution is 7.13. The molecule has 2 aromatic rings. The summed E-state index contributed by atoms with van der Waals surface area (Å²) >= 11 is 1.07. The van der Waals surface area contributed by atoms with Crippen LogP contribution in [0, 0.1) is 0 Å². The van der Waals surface area contributed by atoms with E-state index in [1.54, 1.807) is 4.90 Å². The third kappa shape index (κ3) is 3.88. The number of hydrogen-bond donors (Lipinski definition) is 1. The number of carboxylic acids is 1. The largest absolute Gasteiger partial charge is 0.476 e. The lowest BCUT2D eigenvalue weighted by molar-refractivity contribution is 0.0695. The average molecular weight is 347 g/mol. The number of nitrogens with zero attached hydrogens (tertiary/aromatic N) is 3. The van der Waals surface area contributed by atoms with E-state index < -0.39 is 5.97 Å². The maximum atomic E-state index is 12.2. The van der Waals surface area contributed by atoms with Crippen molar-refractivity contribution >= 4 is 23.4 Å². The first-order valence-electron chi connectivity index (χ1n) is 7.66. The van der Waals surface area contributed by atoms with Crippen LogP contribution in [0.4, 0.5) is 4.79 Å². The number of aromatic nitrogens is 2. The molecule has 0 saturated carbocycles. The number of carbonyl (C=O) groups excluding carboxylic acids is 1. The molecule has 7 nitrogen and oxygen atoms in total. The minimum absolute atomic E-state index is 0.00799. The van der Waals surface area contributed by atoms with Crippen LogP contribution in [0.5, 0.6) is 0 Å². The van der Waals surface area contributed by atoms with Gasteiger partial charge in [0, 0.05) is 19.0 Å². The lowest BCUT2D eigenvalue weighted by atomic mass is 9.99. The van der Waals surface area contributed by atoms with Gasteiger partial charge in [0.15, 0.2) is 0 Å². The van der Waals surface area contributed by atoms with Crippen molar-refractivity contribution in [1.29, 1.82) is 0 Å². The van der Waals surface area contributed by atoms with Crippen LogP contribution in [0.25, 0.3) is 0 Å². The summed E-state index contributed by atoms with van der Waals surface area (Å²) in [6, 6.07) is 9.51. The first-order chi connectivity index (χ1) is 11.6. The SMILES string of the molecule is O=C(O)c1nnc(C2CCCN(C(=O)OCc3ccccc3)C2)s1. The topological polar surface area (TPSA) is 92.6 Å². The van der Waals surface area contributed by atoms with Gasteiger partial charge < -0.3 is 14.7 Å². The fourth-order valence-corrected chi connectivity index (χ4v) is 3.45. The number of amides is 1. The zero-order chi connectivity index (χ0) is 16.9. The van der Waals surface area contributed by atoms with Gasteiger partial charge in [0.2, 0.25) is 5.01 Å². The summed E-state index contributed by atoms with van der Waals surface area (Å²) in [6.45, 7) is 1.35. The number of benzene rings is 1. The Hall–Kier alpha value is -2.48. The van der Waals surface area contributed by atoms with E-state index in [-0.39, 0.29) is 23.6 Å². The van der Waals surface area contributed by atoms with E-state index in [1.165, 1.54) is 0 Å². The number of hydrogen-bond acceptors (Lipinski definition) is 6. The molecule has 1 N–H and O–H groups in total. The van der Waals surface area contributed by atoms with Gasteiger partial charge in [0.25, 0.3) is 0 Å². The number of piperidine rings is 1. The van der Waals surface area contributed by atoms with Crippen molar-refractivity contribution in [3.63, 3.8) is 0 Å². The molecular formula is C16H17N3O4S. The van der Waals surface area contributed by atoms with Gasteiger partial charge in [-0.1, -0.05) is 41.7 Å². The Bertz CT molecular complexity index is 719. The summed E-state index contributed by atoms with van der Waals surface area (Å²) in [5, 5.41) is 17.2. The van der Waals surface area contributed by atoms with E-state index in [9.17, 15) is 9.59 Å². The molecule has 1 atom stereocenters. The summed E-state index contributed by atoms with van der Waals surface area (Å²) in [5.41, 5.74) is 0.939. The molecule has 0 aliphatic carbocycles. The van der Waals surface area contributed by atoms with Crippen molar-refractivity contribution in [2.45, 2.75) is 25.4 Å². The molecule has 126 valence electrons. The summed E-state index contributed by atoms with van der Waals surface area (Å²) in [7, 11) is 0. The third-order valence-corrected chi connectivity index (χ3v) is 4.93. The highest BCUT2D eigenvalue weighted by Crippen LogP contribution is 2.29. The fraction of sp³-hybridized carbons (Fsp3) is 0.375. The normalized spacial score (nSPS) is 17.5. The predicted molar refractivity (Wildman–Crippen MR) is 87.0 cm³/mol. The smallest absolute Gasteiger partial charge is 0.410 e. The zero-order valence-corrected chi connectivity index (χ0v) is 13.7. The van der Waals surface area contributed by atoms with Crippen LogP contribution in [0.3, 0.4) is 0 Å². The first kappa shape index (κ1) is 16.4. The second-order valence-electron chi connectivity index (χ2n) is 5.58. The van der Waals surface area contributed by atoms with Gasteiger partial charge in [0.05, 0.1) is 0 Å². The molecule has 1 aromatic heterocycles. The van der Waals surface area contributed by atoms with Crippen LogP contribution in [0.15, 0.2) is 30.3 Å².